The summed E-state index contributed by atoms with van der Waals surface area (Å²) in [5, 5.41) is 5.49. The number of halogens is 1. The van der Waals surface area contributed by atoms with E-state index in [1.165, 1.54) is 17.0 Å². The number of nitrogens with zero attached hydrogens (tertiary/aromatic N) is 3. The average molecular weight is 452 g/mol. The van der Waals surface area contributed by atoms with Crippen molar-refractivity contribution in [2.45, 2.75) is 51.5 Å². The highest BCUT2D eigenvalue weighted by Crippen LogP contribution is 2.26. The Morgan fingerprint density at radius 2 is 2.23 bits per heavy atom. The van der Waals surface area contributed by atoms with E-state index in [1.54, 1.807) is 19.2 Å². The summed E-state index contributed by atoms with van der Waals surface area (Å²) in [5.41, 5.74) is 0.329. The predicted molar refractivity (Wildman–Crippen MR) is 113 cm³/mol. The fourth-order valence-electron chi connectivity index (χ4n) is 3.13. The van der Waals surface area contributed by atoms with Crippen LogP contribution in [-0.2, 0) is 22.6 Å². The Morgan fingerprint density at radius 1 is 1.42 bits per heavy atom. The van der Waals surface area contributed by atoms with E-state index in [9.17, 15) is 14.0 Å². The molecule has 31 heavy (non-hydrogen) atoms. The highest BCUT2D eigenvalue weighted by Gasteiger charge is 2.31. The lowest BCUT2D eigenvalue weighted by atomic mass is 9.96. The van der Waals surface area contributed by atoms with E-state index < -0.39 is 12.1 Å². The van der Waals surface area contributed by atoms with Gasteiger partial charge in [-0.1, -0.05) is 12.1 Å². The number of amides is 3. The van der Waals surface area contributed by atoms with Crippen LogP contribution in [0, 0.1) is 5.82 Å². The van der Waals surface area contributed by atoms with Crippen LogP contribution < -0.4 is 10.6 Å². The molecule has 0 spiro atoms. The molecule has 3 rings (SSSR count). The SMILES string of the molecule is CN(Cc1nsc(NC(=O)NCc2cccc(F)c2)n1)C(=O)OC1CCOC(C)(C)C1. The molecule has 1 atom stereocenters. The van der Waals surface area contributed by atoms with Gasteiger partial charge >= 0.3 is 12.1 Å². The Morgan fingerprint density at radius 3 is 2.97 bits per heavy atom. The van der Waals surface area contributed by atoms with Crippen molar-refractivity contribution in [1.82, 2.24) is 19.6 Å². The monoisotopic (exact) mass is 451 g/mol. The number of benzene rings is 1. The first-order valence-electron chi connectivity index (χ1n) is 9.88. The minimum Gasteiger partial charge on any atom is -0.446 e. The van der Waals surface area contributed by atoms with E-state index in [0.717, 1.165) is 11.5 Å². The van der Waals surface area contributed by atoms with Crippen molar-refractivity contribution < 1.29 is 23.5 Å². The number of carbonyl (C=O) groups is 2. The van der Waals surface area contributed by atoms with Crippen molar-refractivity contribution in [2.75, 3.05) is 19.0 Å². The largest absolute Gasteiger partial charge is 0.446 e. The zero-order chi connectivity index (χ0) is 22.4. The van der Waals surface area contributed by atoms with Gasteiger partial charge in [0.25, 0.3) is 0 Å². The molecule has 0 bridgehead atoms. The highest BCUT2D eigenvalue weighted by atomic mass is 32.1. The first-order valence-corrected chi connectivity index (χ1v) is 10.6. The summed E-state index contributed by atoms with van der Waals surface area (Å²) >= 11 is 1.00. The van der Waals surface area contributed by atoms with Crippen LogP contribution in [0.2, 0.25) is 0 Å². The number of hydrogen-bond acceptors (Lipinski definition) is 7. The van der Waals surface area contributed by atoms with Gasteiger partial charge in [0.05, 0.1) is 18.8 Å². The van der Waals surface area contributed by atoms with Crippen LogP contribution >= 0.6 is 11.5 Å². The van der Waals surface area contributed by atoms with Crippen LogP contribution in [0.25, 0.3) is 0 Å². The first kappa shape index (κ1) is 22.9. The first-order chi connectivity index (χ1) is 14.7. The Hall–Kier alpha value is -2.79. The maximum Gasteiger partial charge on any atom is 0.410 e. The molecule has 2 heterocycles. The molecule has 0 saturated carbocycles. The summed E-state index contributed by atoms with van der Waals surface area (Å²) in [7, 11) is 1.60. The molecule has 1 aromatic heterocycles. The van der Waals surface area contributed by atoms with Crippen molar-refractivity contribution in [3.8, 4) is 0 Å². The molecular formula is C20H26FN5O4S. The van der Waals surface area contributed by atoms with Crippen LogP contribution in [-0.4, -0.2) is 51.7 Å². The number of anilines is 1. The number of ether oxygens (including phenoxy) is 2. The van der Waals surface area contributed by atoms with Gasteiger partial charge in [0.1, 0.15) is 11.9 Å². The Balaban J connectivity index is 1.44. The molecule has 3 amide bonds. The van der Waals surface area contributed by atoms with Gasteiger partial charge in [-0.2, -0.15) is 4.37 Å². The van der Waals surface area contributed by atoms with E-state index in [2.05, 4.69) is 20.0 Å². The summed E-state index contributed by atoms with van der Waals surface area (Å²) in [5.74, 6) is 0.0221. The second-order valence-electron chi connectivity index (χ2n) is 7.92. The molecule has 1 aliphatic heterocycles. The van der Waals surface area contributed by atoms with Gasteiger partial charge in [-0.3, -0.25) is 5.32 Å². The third-order valence-corrected chi connectivity index (χ3v) is 5.31. The van der Waals surface area contributed by atoms with E-state index in [-0.39, 0.29) is 30.6 Å². The number of aromatic nitrogens is 2. The van der Waals surface area contributed by atoms with Crippen LogP contribution in [0.4, 0.5) is 19.1 Å². The van der Waals surface area contributed by atoms with E-state index in [0.29, 0.717) is 36.0 Å². The van der Waals surface area contributed by atoms with Crippen molar-refractivity contribution in [3.05, 3.63) is 41.5 Å². The quantitative estimate of drug-likeness (QED) is 0.696. The molecule has 11 heteroatoms. The molecule has 0 aliphatic carbocycles. The van der Waals surface area contributed by atoms with E-state index in [4.69, 9.17) is 9.47 Å². The second-order valence-corrected chi connectivity index (χ2v) is 8.67. The molecule has 1 aromatic carbocycles. The zero-order valence-electron chi connectivity index (χ0n) is 17.7. The topological polar surface area (TPSA) is 106 Å². The number of hydrogen-bond donors (Lipinski definition) is 2. The van der Waals surface area contributed by atoms with Gasteiger partial charge in [0.2, 0.25) is 5.13 Å². The predicted octanol–water partition coefficient (Wildman–Crippen LogP) is 3.52. The molecule has 9 nitrogen and oxygen atoms in total. The van der Waals surface area contributed by atoms with Crippen LogP contribution in [0.5, 0.6) is 0 Å². The molecule has 1 unspecified atom stereocenters. The van der Waals surface area contributed by atoms with E-state index in [1.807, 2.05) is 13.8 Å². The van der Waals surface area contributed by atoms with Crippen LogP contribution in [0.1, 0.15) is 38.1 Å². The number of rotatable bonds is 6. The van der Waals surface area contributed by atoms with E-state index >= 15 is 0 Å². The molecule has 168 valence electrons. The average Bonchev–Trinajstić information content (AvgIpc) is 3.12. The third kappa shape index (κ3) is 7.14. The van der Waals surface area contributed by atoms with Gasteiger partial charge in [0, 0.05) is 38.0 Å². The minimum absolute atomic E-state index is 0.147. The lowest BCUT2D eigenvalue weighted by molar-refractivity contribution is -0.101. The maximum atomic E-state index is 13.2. The number of urea groups is 1. The maximum absolute atomic E-state index is 13.2. The van der Waals surface area contributed by atoms with Crippen molar-refractivity contribution in [3.63, 3.8) is 0 Å². The fourth-order valence-corrected chi connectivity index (χ4v) is 3.70. The molecule has 0 radical (unpaired) electrons. The van der Waals surface area contributed by atoms with Gasteiger partial charge < -0.3 is 19.7 Å². The Labute approximate surface area is 184 Å². The summed E-state index contributed by atoms with van der Waals surface area (Å²) < 4.78 is 28.5. The highest BCUT2D eigenvalue weighted by molar-refractivity contribution is 7.09. The van der Waals surface area contributed by atoms with Gasteiger partial charge in [0.15, 0.2) is 5.82 Å². The Kier molecular flexibility index (Phi) is 7.39. The fraction of sp³-hybridized carbons (Fsp3) is 0.500. The van der Waals surface area contributed by atoms with Gasteiger partial charge in [-0.05, 0) is 31.5 Å². The Bertz CT molecular complexity index is 922. The second kappa shape index (κ2) is 10.0. The molecule has 2 N–H and O–H groups in total. The molecule has 2 aromatic rings. The standard InChI is InChI=1S/C20H26FN5O4S/c1-20(2)10-15(7-8-29-20)30-19(28)26(3)12-16-23-18(31-25-16)24-17(27)22-11-13-5-4-6-14(21)9-13/h4-6,9,15H,7-8,10-12H2,1-3H3,(H2,22,23,24,25,27). The normalized spacial score (nSPS) is 17.6. The lowest BCUT2D eigenvalue weighted by Gasteiger charge is -2.35. The minimum atomic E-state index is -0.484. The molecular weight excluding hydrogens is 425 g/mol. The van der Waals surface area contributed by atoms with Crippen molar-refractivity contribution >= 4 is 28.8 Å². The molecule has 1 fully saturated rings. The smallest absolute Gasteiger partial charge is 0.410 e. The van der Waals surface area contributed by atoms with Crippen LogP contribution in [0.15, 0.2) is 24.3 Å². The number of carbonyl (C=O) groups excluding carboxylic acids is 2. The van der Waals surface area contributed by atoms with Gasteiger partial charge in [-0.15, -0.1) is 0 Å². The summed E-state index contributed by atoms with van der Waals surface area (Å²) in [4.78, 5) is 30.0. The summed E-state index contributed by atoms with van der Waals surface area (Å²) in [6.45, 7) is 4.82. The summed E-state index contributed by atoms with van der Waals surface area (Å²) in [6, 6.07) is 5.49. The van der Waals surface area contributed by atoms with Crippen molar-refractivity contribution in [2.24, 2.45) is 0 Å². The van der Waals surface area contributed by atoms with Gasteiger partial charge in [-0.25, -0.2) is 19.0 Å². The molecule has 1 saturated heterocycles. The zero-order valence-corrected chi connectivity index (χ0v) is 18.5. The number of nitrogens with one attached hydrogen (secondary N) is 2. The van der Waals surface area contributed by atoms with Crippen molar-refractivity contribution in [1.29, 1.82) is 0 Å². The summed E-state index contributed by atoms with van der Waals surface area (Å²) in [6.07, 6.45) is 0.651. The molecule has 1 aliphatic rings. The third-order valence-electron chi connectivity index (χ3n) is 4.64. The lowest BCUT2D eigenvalue weighted by Crippen LogP contribution is -2.40. The van der Waals surface area contributed by atoms with Crippen LogP contribution in [0.3, 0.4) is 0 Å².